The van der Waals surface area contributed by atoms with Crippen LogP contribution in [-0.2, 0) is 21.1 Å². The Bertz CT molecular complexity index is 2100. The van der Waals surface area contributed by atoms with E-state index >= 15 is 0 Å². The number of pyridine rings is 1. The number of fused-ring (bicyclic) bond motifs is 4. The van der Waals surface area contributed by atoms with Gasteiger partial charge in [-0.2, -0.15) is 11.3 Å². The number of para-hydroxylation sites is 1. The topological polar surface area (TPSA) is 56.7 Å². The smallest absolute Gasteiger partial charge is 0.445 e. The number of nitrogens with zero attached hydrogens (tertiary/aromatic N) is 4. The Morgan fingerprint density at radius 2 is 1.68 bits per heavy atom. The zero-order valence-electron chi connectivity index (χ0n) is 20.8. The van der Waals surface area contributed by atoms with Crippen LogP contribution in [-0.4, -0.2) is 19.5 Å². The quantitative estimate of drug-likeness (QED) is 0.172. The third-order valence-corrected chi connectivity index (χ3v) is 7.91. The van der Waals surface area contributed by atoms with E-state index in [1.807, 2.05) is 54.6 Å². The normalized spacial score (nSPS) is 11.3. The summed E-state index contributed by atoms with van der Waals surface area (Å²) in [5.74, 6) is 0.594. The van der Waals surface area contributed by atoms with Gasteiger partial charge < -0.3 is 14.0 Å². The first-order valence-electron chi connectivity index (χ1n) is 12.5. The van der Waals surface area contributed by atoms with Gasteiger partial charge in [-0.25, -0.2) is 4.98 Å². The average molecular weight is 714 g/mol. The number of hydrogen-bond donors (Lipinski definition) is 0. The van der Waals surface area contributed by atoms with E-state index in [9.17, 15) is 0 Å². The summed E-state index contributed by atoms with van der Waals surface area (Å²) in [5.41, 5.74) is 7.62. The third kappa shape index (κ3) is 4.08. The molecule has 0 amide bonds. The van der Waals surface area contributed by atoms with Crippen molar-refractivity contribution < 1.29 is 25.5 Å². The van der Waals surface area contributed by atoms with Crippen LogP contribution in [0.5, 0.6) is 0 Å². The predicted molar refractivity (Wildman–Crippen MR) is 156 cm³/mol. The van der Waals surface area contributed by atoms with E-state index in [0.717, 1.165) is 65.1 Å². The first kappa shape index (κ1) is 24.6. The van der Waals surface area contributed by atoms with Crippen molar-refractivity contribution in [2.75, 3.05) is 0 Å². The van der Waals surface area contributed by atoms with Crippen molar-refractivity contribution in [3.63, 3.8) is 0 Å². The van der Waals surface area contributed by atoms with E-state index in [1.165, 1.54) is 0 Å². The number of rotatable bonds is 4. The molecule has 0 spiro atoms. The summed E-state index contributed by atoms with van der Waals surface area (Å²) >= 11 is 1.68. The zero-order valence-corrected chi connectivity index (χ0v) is 23.9. The first-order chi connectivity index (χ1) is 19.3. The maximum Gasteiger partial charge on any atom is 2.00 e. The zero-order chi connectivity index (χ0) is 25.8. The van der Waals surface area contributed by atoms with Crippen molar-refractivity contribution in [3.8, 4) is 39.0 Å². The molecule has 4 aromatic heterocycles. The van der Waals surface area contributed by atoms with Crippen LogP contribution in [0.2, 0.25) is 0 Å². The monoisotopic (exact) mass is 713 g/mol. The summed E-state index contributed by atoms with van der Waals surface area (Å²) in [4.78, 5) is 13.8. The maximum atomic E-state index is 5.60. The van der Waals surface area contributed by atoms with Crippen LogP contribution in [0.4, 0.5) is 0 Å². The van der Waals surface area contributed by atoms with Gasteiger partial charge in [-0.3, -0.25) is 4.98 Å². The van der Waals surface area contributed by atoms with Gasteiger partial charge >= 0.3 is 21.1 Å². The SMILES string of the molecule is [Pt+2].[c-]1c(-c2ccccn2)cccc1-n1c2[c-]c(-c3nc4ccccc4s3)ccc2c2cc(-c3ncco3)ccc21. The molecule has 7 heteroatoms. The number of hydrogen-bond acceptors (Lipinski definition) is 5. The summed E-state index contributed by atoms with van der Waals surface area (Å²) in [5, 5.41) is 3.12. The molecule has 0 saturated carbocycles. The molecule has 0 atom stereocenters. The van der Waals surface area contributed by atoms with Gasteiger partial charge in [0.2, 0.25) is 5.89 Å². The second-order valence-corrected chi connectivity index (χ2v) is 10.2. The van der Waals surface area contributed by atoms with Crippen LogP contribution in [0, 0.1) is 12.1 Å². The van der Waals surface area contributed by atoms with Gasteiger partial charge in [0.15, 0.2) is 0 Å². The fourth-order valence-electron chi connectivity index (χ4n) is 5.06. The van der Waals surface area contributed by atoms with Gasteiger partial charge in [0.25, 0.3) is 0 Å². The van der Waals surface area contributed by atoms with Crippen LogP contribution < -0.4 is 0 Å². The van der Waals surface area contributed by atoms with E-state index in [4.69, 9.17) is 9.40 Å². The van der Waals surface area contributed by atoms with Gasteiger partial charge in [0, 0.05) is 27.0 Å². The van der Waals surface area contributed by atoms with E-state index < -0.39 is 0 Å². The Kier molecular flexibility index (Phi) is 6.15. The maximum absolute atomic E-state index is 5.60. The summed E-state index contributed by atoms with van der Waals surface area (Å²) in [6, 6.07) is 38.2. The van der Waals surface area contributed by atoms with Crippen molar-refractivity contribution in [2.24, 2.45) is 0 Å². The summed E-state index contributed by atoms with van der Waals surface area (Å²) in [6.45, 7) is 0. The Morgan fingerprint density at radius 1 is 0.750 bits per heavy atom. The first-order valence-corrected chi connectivity index (χ1v) is 13.3. The summed E-state index contributed by atoms with van der Waals surface area (Å²) < 4.78 is 8.97. The Morgan fingerprint density at radius 3 is 2.52 bits per heavy atom. The van der Waals surface area contributed by atoms with Gasteiger partial charge in [-0.15, -0.1) is 53.6 Å². The minimum Gasteiger partial charge on any atom is -0.445 e. The Hall–Kier alpha value is -4.38. The summed E-state index contributed by atoms with van der Waals surface area (Å²) in [7, 11) is 0. The molecule has 4 heterocycles. The number of oxazole rings is 1. The molecule has 192 valence electrons. The fourth-order valence-corrected chi connectivity index (χ4v) is 6.01. The molecule has 0 aliphatic rings. The Balaban J connectivity index is 0.00000264. The van der Waals surface area contributed by atoms with Gasteiger partial charge in [0.1, 0.15) is 6.26 Å². The minimum atomic E-state index is 0. The molecule has 0 radical (unpaired) electrons. The molecule has 8 aromatic rings. The number of benzene rings is 4. The van der Waals surface area contributed by atoms with E-state index in [-0.39, 0.29) is 21.1 Å². The molecular formula is C33H18N4OPtS. The van der Waals surface area contributed by atoms with Crippen LogP contribution in [0.15, 0.2) is 114 Å². The molecule has 0 saturated heterocycles. The van der Waals surface area contributed by atoms with Crippen LogP contribution in [0.25, 0.3) is 71.0 Å². The average Bonchev–Trinajstić information content (AvgIpc) is 3.75. The molecule has 0 unspecified atom stereocenters. The molecule has 0 bridgehead atoms. The molecule has 5 nitrogen and oxygen atoms in total. The molecule has 0 aliphatic carbocycles. The third-order valence-electron chi connectivity index (χ3n) is 6.84. The van der Waals surface area contributed by atoms with Crippen LogP contribution >= 0.6 is 11.3 Å². The Labute approximate surface area is 248 Å². The van der Waals surface area contributed by atoms with Crippen molar-refractivity contribution in [3.05, 3.63) is 122 Å². The largest absolute Gasteiger partial charge is 2.00 e. The molecule has 40 heavy (non-hydrogen) atoms. The predicted octanol–water partition coefficient (Wildman–Crippen LogP) is 8.38. The van der Waals surface area contributed by atoms with Gasteiger partial charge in [-0.05, 0) is 58.7 Å². The standard InChI is InChI=1S/C33H18N4OS.Pt/c1-2-10-31-28(9-1)36-33(39-31)23-11-13-25-26-19-22(32-35-16-17-38-32)12-14-29(26)37(30(25)20-23)24-7-5-6-21(18-24)27-8-3-4-15-34-27;/h1-17,19H;/q-2;+2. The molecule has 0 N–H and O–H groups in total. The van der Waals surface area contributed by atoms with Crippen molar-refractivity contribution in [2.45, 2.75) is 0 Å². The van der Waals surface area contributed by atoms with Crippen molar-refractivity contribution >= 4 is 43.4 Å². The number of aromatic nitrogens is 4. The number of thiazole rings is 1. The van der Waals surface area contributed by atoms with Gasteiger partial charge in [0.05, 0.1) is 11.7 Å². The van der Waals surface area contributed by atoms with E-state index in [0.29, 0.717) is 5.89 Å². The second-order valence-electron chi connectivity index (χ2n) is 9.19. The fraction of sp³-hybridized carbons (Fsp3) is 0. The van der Waals surface area contributed by atoms with E-state index in [2.05, 4.69) is 63.1 Å². The van der Waals surface area contributed by atoms with Crippen LogP contribution in [0.3, 0.4) is 0 Å². The van der Waals surface area contributed by atoms with Crippen LogP contribution in [0.1, 0.15) is 0 Å². The van der Waals surface area contributed by atoms with E-state index in [1.54, 1.807) is 30.0 Å². The molecule has 8 rings (SSSR count). The molecule has 4 aromatic carbocycles. The van der Waals surface area contributed by atoms with Crippen molar-refractivity contribution in [1.82, 2.24) is 19.5 Å². The molecule has 0 fully saturated rings. The molecule has 0 aliphatic heterocycles. The van der Waals surface area contributed by atoms with Gasteiger partial charge in [-0.1, -0.05) is 29.7 Å². The summed E-state index contributed by atoms with van der Waals surface area (Å²) in [6.07, 6.45) is 5.07. The second kappa shape index (κ2) is 9.98. The molecular weight excluding hydrogens is 696 g/mol. The minimum absolute atomic E-state index is 0. The van der Waals surface area contributed by atoms with Crippen molar-refractivity contribution in [1.29, 1.82) is 0 Å².